The van der Waals surface area contributed by atoms with Gasteiger partial charge in [-0.05, 0) is 87.1 Å². The summed E-state index contributed by atoms with van der Waals surface area (Å²) in [6.07, 6.45) is 16.5. The molecule has 3 aromatic heterocycles. The van der Waals surface area contributed by atoms with E-state index in [1.54, 1.807) is 0 Å². The quantitative estimate of drug-likeness (QED) is 0.118. The van der Waals surface area contributed by atoms with Crippen LogP contribution in [-0.4, -0.2) is 18.0 Å². The molecular weight excluding hydrogens is 869 g/mol. The van der Waals surface area contributed by atoms with E-state index >= 15 is 0 Å². The topological polar surface area (TPSA) is 25.8 Å². The molecule has 0 saturated heterocycles. The molecule has 2 fully saturated rings. The summed E-state index contributed by atoms with van der Waals surface area (Å²) in [5.74, 6) is 0.418. The summed E-state index contributed by atoms with van der Waals surface area (Å²) in [7, 11) is -1.51. The van der Waals surface area contributed by atoms with E-state index in [1.807, 2.05) is 48.0 Å². The van der Waals surface area contributed by atoms with Gasteiger partial charge in [0.15, 0.2) is 0 Å². The Hall–Kier alpha value is -3.73. The second kappa shape index (κ2) is 17.4. The SMILES string of the molecule is [2H]C1(c2cc(-c3[c-]cccc3)ncc2[Si](C)(C)C)CCCC1.[Ir].[c-]1ccc2c(sc3ccc(-c4ccccc4)cc32)c1-c1cc(CC2CCCCC2)ccn1. The van der Waals surface area contributed by atoms with Crippen molar-refractivity contribution in [3.8, 4) is 33.6 Å². The van der Waals surface area contributed by atoms with Gasteiger partial charge in [-0.3, -0.25) is 0 Å². The predicted octanol–water partition coefficient (Wildman–Crippen LogP) is 13.5. The first kappa shape index (κ1) is 37.2. The van der Waals surface area contributed by atoms with Crippen LogP contribution in [0.2, 0.25) is 19.6 Å². The van der Waals surface area contributed by atoms with Crippen LogP contribution in [0, 0.1) is 18.1 Å². The van der Waals surface area contributed by atoms with Gasteiger partial charge in [0.1, 0.15) is 0 Å². The van der Waals surface area contributed by atoms with E-state index in [-0.39, 0.29) is 20.1 Å². The normalized spacial score (nSPS) is 16.0. The molecule has 277 valence electrons. The smallest absolute Gasteiger partial charge is 0.0799 e. The minimum atomic E-state index is -1.51. The van der Waals surface area contributed by atoms with Crippen LogP contribution >= 0.6 is 11.3 Å². The van der Waals surface area contributed by atoms with Gasteiger partial charge in [0, 0.05) is 38.6 Å². The van der Waals surface area contributed by atoms with Crippen LogP contribution in [0.3, 0.4) is 0 Å². The fourth-order valence-corrected chi connectivity index (χ4v) is 11.0. The molecule has 0 aliphatic heterocycles. The maximum absolute atomic E-state index is 8.99. The average Bonchev–Trinajstić information content (AvgIpc) is 3.83. The molecule has 54 heavy (non-hydrogen) atoms. The van der Waals surface area contributed by atoms with Crippen molar-refractivity contribution in [2.24, 2.45) is 5.92 Å². The van der Waals surface area contributed by atoms with E-state index in [1.165, 1.54) is 99.0 Å². The molecule has 0 spiro atoms. The predicted molar refractivity (Wildman–Crippen MR) is 230 cm³/mol. The summed E-state index contributed by atoms with van der Waals surface area (Å²) >= 11 is 1.86. The maximum atomic E-state index is 8.99. The van der Waals surface area contributed by atoms with Crippen molar-refractivity contribution < 1.29 is 21.5 Å². The van der Waals surface area contributed by atoms with E-state index in [4.69, 9.17) is 11.3 Å². The standard InChI is InChI=1S/C30H26NS.C19H24NSi.Ir/c1-3-8-21(9-4-1)18-22-16-17-31-28(19-22)26-13-7-12-25-27-20-24(23-10-5-2-6-11-23)14-15-29(27)32-30(25)26;1-21(2,3)19-14-20-18(16-11-5-4-6-12-16)13-17(19)15-9-7-8-10-15;/h2,5-7,10-12,14-17,19-21H,1,3-4,8-9,18H2;4-6,11,13-15H,7-10H2,1-3H3;/q2*-1;/i;15D;. The van der Waals surface area contributed by atoms with E-state index < -0.39 is 14.0 Å². The third kappa shape index (κ3) is 8.71. The number of benzene rings is 4. The monoisotopic (exact) mass is 920 g/mol. The number of pyridine rings is 2. The Kier molecular flexibility index (Phi) is 12.0. The Bertz CT molecular complexity index is 2360. The van der Waals surface area contributed by atoms with Gasteiger partial charge >= 0.3 is 0 Å². The Morgan fingerprint density at radius 3 is 2.26 bits per heavy atom. The number of rotatable bonds is 7. The van der Waals surface area contributed by atoms with Crippen LogP contribution in [-0.2, 0) is 26.5 Å². The van der Waals surface area contributed by atoms with Crippen LogP contribution < -0.4 is 5.19 Å². The Morgan fingerprint density at radius 2 is 1.50 bits per heavy atom. The number of hydrogen-bond acceptors (Lipinski definition) is 3. The zero-order chi connectivity index (χ0) is 37.1. The molecule has 9 rings (SSSR count). The van der Waals surface area contributed by atoms with Crippen LogP contribution in [0.25, 0.3) is 53.8 Å². The van der Waals surface area contributed by atoms with Crippen molar-refractivity contribution in [2.45, 2.75) is 89.7 Å². The second-order valence-electron chi connectivity index (χ2n) is 16.0. The average molecular weight is 920 g/mol. The van der Waals surface area contributed by atoms with E-state index in [0.29, 0.717) is 0 Å². The molecule has 0 unspecified atom stereocenters. The van der Waals surface area contributed by atoms with Crippen molar-refractivity contribution in [1.29, 1.82) is 0 Å². The Labute approximate surface area is 342 Å². The number of nitrogens with zero attached hydrogens (tertiary/aromatic N) is 2. The van der Waals surface area contributed by atoms with Gasteiger partial charge in [-0.2, -0.15) is 11.3 Å². The number of aromatic nitrogens is 2. The Morgan fingerprint density at radius 1 is 0.722 bits per heavy atom. The van der Waals surface area contributed by atoms with Gasteiger partial charge in [0.2, 0.25) is 0 Å². The molecule has 0 bridgehead atoms. The molecule has 2 aliphatic rings. The summed E-state index contributed by atoms with van der Waals surface area (Å²) in [6.45, 7) is 7.04. The molecule has 2 saturated carbocycles. The summed E-state index contributed by atoms with van der Waals surface area (Å²) in [5, 5.41) is 3.97. The summed E-state index contributed by atoms with van der Waals surface area (Å²) in [4.78, 5) is 9.46. The van der Waals surface area contributed by atoms with Crippen LogP contribution in [0.1, 0.15) is 76.2 Å². The first-order valence-corrected chi connectivity index (χ1v) is 23.9. The minimum absolute atomic E-state index is 0. The molecule has 7 aromatic rings. The van der Waals surface area contributed by atoms with Crippen molar-refractivity contribution in [1.82, 2.24) is 9.97 Å². The molecule has 0 N–H and O–H groups in total. The Balaban J connectivity index is 0.000000178. The van der Waals surface area contributed by atoms with Gasteiger partial charge in [-0.25, -0.2) is 0 Å². The van der Waals surface area contributed by atoms with Crippen LogP contribution in [0.5, 0.6) is 0 Å². The third-order valence-electron chi connectivity index (χ3n) is 11.2. The van der Waals surface area contributed by atoms with Gasteiger partial charge in [-0.15, -0.1) is 59.7 Å². The van der Waals surface area contributed by atoms with Crippen molar-refractivity contribution in [2.75, 3.05) is 0 Å². The third-order valence-corrected chi connectivity index (χ3v) is 14.4. The molecule has 3 heterocycles. The van der Waals surface area contributed by atoms with E-state index in [0.717, 1.165) is 41.3 Å². The largest absolute Gasteiger partial charge is 0.305 e. The molecule has 5 heteroatoms. The number of hydrogen-bond donors (Lipinski definition) is 0. The van der Waals surface area contributed by atoms with E-state index in [2.05, 4.69) is 111 Å². The summed E-state index contributed by atoms with van der Waals surface area (Å²) < 4.78 is 11.6. The summed E-state index contributed by atoms with van der Waals surface area (Å²) in [6, 6.07) is 43.2. The first-order valence-electron chi connectivity index (χ1n) is 20.1. The molecule has 0 atom stereocenters. The van der Waals surface area contributed by atoms with Crippen molar-refractivity contribution in [3.63, 3.8) is 0 Å². The fourth-order valence-electron chi connectivity index (χ4n) is 8.32. The zero-order valence-corrected chi connectivity index (χ0v) is 36.0. The molecule has 0 amide bonds. The fraction of sp³-hybridized carbons (Fsp3) is 0.306. The van der Waals surface area contributed by atoms with E-state index in [9.17, 15) is 0 Å². The molecular formula is C49H50IrN2SSi-2. The molecule has 2 nitrogen and oxygen atoms in total. The summed E-state index contributed by atoms with van der Waals surface area (Å²) in [5.41, 5.74) is 9.33. The van der Waals surface area contributed by atoms with Crippen LogP contribution in [0.4, 0.5) is 0 Å². The minimum Gasteiger partial charge on any atom is -0.305 e. The van der Waals surface area contributed by atoms with Crippen LogP contribution in [0.15, 0.2) is 116 Å². The van der Waals surface area contributed by atoms with Gasteiger partial charge in [0.05, 0.1) is 8.07 Å². The number of fused-ring (bicyclic) bond motifs is 3. The second-order valence-corrected chi connectivity index (χ2v) is 22.1. The van der Waals surface area contributed by atoms with Gasteiger partial charge in [0.25, 0.3) is 0 Å². The number of thiophene rings is 1. The first-order chi connectivity index (χ1) is 26.2. The van der Waals surface area contributed by atoms with Crippen molar-refractivity contribution in [3.05, 3.63) is 139 Å². The van der Waals surface area contributed by atoms with Crippen molar-refractivity contribution >= 4 is 44.8 Å². The maximum Gasteiger partial charge on any atom is 0.0799 e. The molecule has 1 radical (unpaired) electrons. The molecule has 4 aromatic carbocycles. The van der Waals surface area contributed by atoms with Gasteiger partial charge < -0.3 is 9.97 Å². The molecule has 2 aliphatic carbocycles. The zero-order valence-electron chi connectivity index (χ0n) is 32.8. The van der Waals surface area contributed by atoms with Gasteiger partial charge in [-0.1, -0.05) is 130 Å².